The van der Waals surface area contributed by atoms with E-state index in [1.54, 1.807) is 33.3 Å². The number of benzene rings is 3. The lowest BCUT2D eigenvalue weighted by Crippen LogP contribution is -2.41. The largest absolute Gasteiger partial charge is 0.493 e. The number of oxazole rings is 1. The van der Waals surface area contributed by atoms with Crippen molar-refractivity contribution in [1.29, 1.82) is 0 Å². The molecule has 0 saturated heterocycles. The van der Waals surface area contributed by atoms with Crippen LogP contribution >= 0.6 is 0 Å². The van der Waals surface area contributed by atoms with Crippen molar-refractivity contribution in [1.82, 2.24) is 9.88 Å². The van der Waals surface area contributed by atoms with Gasteiger partial charge in [-0.2, -0.15) is 0 Å². The van der Waals surface area contributed by atoms with Gasteiger partial charge < -0.3 is 18.8 Å². The van der Waals surface area contributed by atoms with E-state index >= 15 is 0 Å². The molecule has 0 fully saturated rings. The number of halogens is 1. The van der Waals surface area contributed by atoms with Gasteiger partial charge in [0.1, 0.15) is 11.6 Å². The fraction of sp³-hybridized carbons (Fsp3) is 0.241. The summed E-state index contributed by atoms with van der Waals surface area (Å²) in [6.45, 7) is 2.32. The van der Waals surface area contributed by atoms with Crippen molar-refractivity contribution >= 4 is 5.91 Å². The fourth-order valence-electron chi connectivity index (χ4n) is 4.79. The predicted octanol–water partition coefficient (Wildman–Crippen LogP) is 5.52. The first-order chi connectivity index (χ1) is 17.5. The zero-order chi connectivity index (χ0) is 25.2. The van der Waals surface area contributed by atoms with E-state index in [4.69, 9.17) is 13.9 Å². The van der Waals surface area contributed by atoms with E-state index in [2.05, 4.69) is 4.98 Å². The van der Waals surface area contributed by atoms with Gasteiger partial charge in [0.2, 0.25) is 11.8 Å². The molecule has 3 aromatic carbocycles. The van der Waals surface area contributed by atoms with Gasteiger partial charge in [-0.05, 0) is 60.4 Å². The van der Waals surface area contributed by atoms with E-state index in [1.165, 1.54) is 12.1 Å². The molecule has 0 spiro atoms. The quantitative estimate of drug-likeness (QED) is 0.359. The second-order valence-electron chi connectivity index (χ2n) is 8.77. The van der Waals surface area contributed by atoms with Crippen LogP contribution < -0.4 is 9.47 Å². The number of aryl methyl sites for hydroxylation is 1. The molecule has 0 aliphatic carbocycles. The normalized spacial score (nSPS) is 14.9. The van der Waals surface area contributed by atoms with Crippen LogP contribution in [0, 0.1) is 12.7 Å². The second kappa shape index (κ2) is 9.85. The van der Waals surface area contributed by atoms with Gasteiger partial charge in [-0.25, -0.2) is 9.37 Å². The number of methoxy groups -OCH3 is 2. The molecule has 1 aromatic heterocycles. The van der Waals surface area contributed by atoms with E-state index in [0.717, 1.165) is 16.7 Å². The second-order valence-corrected chi connectivity index (χ2v) is 8.77. The standard InChI is InChI=1S/C29H27FN2O4/c1-18-24(31-29(36-18)21-10-7-11-22(30)14-21)17-27(33)32-13-12-20-15-25(34-2)26(35-3)16-23(20)28(32)19-8-5-4-6-9-19/h4-11,14-16,28H,12-13,17H2,1-3H3. The molecule has 6 nitrogen and oxygen atoms in total. The zero-order valence-electron chi connectivity index (χ0n) is 20.5. The van der Waals surface area contributed by atoms with Crippen LogP contribution in [0.3, 0.4) is 0 Å². The predicted molar refractivity (Wildman–Crippen MR) is 134 cm³/mol. The van der Waals surface area contributed by atoms with Crippen LogP contribution in [0.2, 0.25) is 0 Å². The number of ether oxygens (including phenoxy) is 2. The van der Waals surface area contributed by atoms with Crippen LogP contribution in [0.5, 0.6) is 11.5 Å². The fourth-order valence-corrected chi connectivity index (χ4v) is 4.79. The molecule has 1 aliphatic rings. The van der Waals surface area contributed by atoms with Gasteiger partial charge in [-0.1, -0.05) is 36.4 Å². The van der Waals surface area contributed by atoms with Gasteiger partial charge in [-0.3, -0.25) is 4.79 Å². The Balaban J connectivity index is 1.49. The molecule has 1 amide bonds. The minimum Gasteiger partial charge on any atom is -0.493 e. The van der Waals surface area contributed by atoms with Crippen molar-refractivity contribution in [2.24, 2.45) is 0 Å². The summed E-state index contributed by atoms with van der Waals surface area (Å²) in [6, 6.07) is 19.7. The Bertz CT molecular complexity index is 1400. The maximum absolute atomic E-state index is 13.7. The molecular weight excluding hydrogens is 459 g/mol. The van der Waals surface area contributed by atoms with E-state index in [-0.39, 0.29) is 24.2 Å². The number of fused-ring (bicyclic) bond motifs is 1. The SMILES string of the molecule is COc1cc2c(cc1OC)C(c1ccccc1)N(C(=O)Cc1nc(-c3cccc(F)c3)oc1C)CC2. The summed E-state index contributed by atoms with van der Waals surface area (Å²) < 4.78 is 30.6. The molecule has 184 valence electrons. The molecule has 7 heteroatoms. The molecule has 1 aliphatic heterocycles. The number of carbonyl (C=O) groups excluding carboxylic acids is 1. The van der Waals surface area contributed by atoms with E-state index in [1.807, 2.05) is 47.4 Å². The van der Waals surface area contributed by atoms with Crippen LogP contribution in [0.4, 0.5) is 4.39 Å². The molecule has 0 N–H and O–H groups in total. The average molecular weight is 487 g/mol. The molecule has 0 bridgehead atoms. The van der Waals surface area contributed by atoms with Gasteiger partial charge in [0.25, 0.3) is 0 Å². The Morgan fingerprint density at radius 2 is 1.81 bits per heavy atom. The Morgan fingerprint density at radius 3 is 2.53 bits per heavy atom. The summed E-state index contributed by atoms with van der Waals surface area (Å²) in [5, 5.41) is 0. The molecule has 5 rings (SSSR count). The van der Waals surface area contributed by atoms with Crippen LogP contribution in [0.1, 0.15) is 34.2 Å². The van der Waals surface area contributed by atoms with Crippen LogP contribution in [-0.4, -0.2) is 36.6 Å². The first-order valence-corrected chi connectivity index (χ1v) is 11.8. The molecule has 4 aromatic rings. The average Bonchev–Trinajstić information content (AvgIpc) is 3.27. The van der Waals surface area contributed by atoms with Crippen molar-refractivity contribution in [3.8, 4) is 23.0 Å². The minimum atomic E-state index is -0.370. The third-order valence-electron chi connectivity index (χ3n) is 6.59. The van der Waals surface area contributed by atoms with Crippen LogP contribution in [0.15, 0.2) is 71.1 Å². The highest BCUT2D eigenvalue weighted by Crippen LogP contribution is 2.41. The highest BCUT2D eigenvalue weighted by Gasteiger charge is 2.34. The monoisotopic (exact) mass is 486 g/mol. The summed E-state index contributed by atoms with van der Waals surface area (Å²) in [5.74, 6) is 1.71. The highest BCUT2D eigenvalue weighted by molar-refractivity contribution is 5.80. The highest BCUT2D eigenvalue weighted by atomic mass is 19.1. The third-order valence-corrected chi connectivity index (χ3v) is 6.59. The Hall–Kier alpha value is -4.13. The number of aromatic nitrogens is 1. The van der Waals surface area contributed by atoms with Gasteiger partial charge >= 0.3 is 0 Å². The minimum absolute atomic E-state index is 0.0634. The summed E-state index contributed by atoms with van der Waals surface area (Å²) in [5.41, 5.74) is 4.22. The number of hydrogen-bond acceptors (Lipinski definition) is 5. The van der Waals surface area contributed by atoms with E-state index < -0.39 is 0 Å². The zero-order valence-corrected chi connectivity index (χ0v) is 20.5. The van der Waals surface area contributed by atoms with E-state index in [0.29, 0.717) is 47.4 Å². The lowest BCUT2D eigenvalue weighted by atomic mass is 9.87. The number of hydrogen-bond donors (Lipinski definition) is 0. The van der Waals surface area contributed by atoms with Gasteiger partial charge in [0.05, 0.1) is 32.4 Å². The Labute approximate surface area is 209 Å². The molecule has 36 heavy (non-hydrogen) atoms. The smallest absolute Gasteiger partial charge is 0.229 e. The molecule has 1 unspecified atom stereocenters. The maximum atomic E-state index is 13.7. The summed E-state index contributed by atoms with van der Waals surface area (Å²) in [4.78, 5) is 20.1. The number of carbonyl (C=O) groups is 1. The van der Waals surface area contributed by atoms with Crippen LogP contribution in [-0.2, 0) is 17.6 Å². The molecular formula is C29H27FN2O4. The first kappa shape index (κ1) is 23.6. The van der Waals surface area contributed by atoms with Crippen molar-refractivity contribution in [2.75, 3.05) is 20.8 Å². The van der Waals surface area contributed by atoms with E-state index in [9.17, 15) is 9.18 Å². The Morgan fingerprint density at radius 1 is 1.06 bits per heavy atom. The third kappa shape index (κ3) is 4.44. The number of rotatable bonds is 6. The molecule has 2 heterocycles. The summed E-state index contributed by atoms with van der Waals surface area (Å²) in [7, 11) is 3.23. The lowest BCUT2D eigenvalue weighted by molar-refractivity contribution is -0.132. The molecule has 1 atom stereocenters. The number of nitrogens with zero attached hydrogens (tertiary/aromatic N) is 2. The number of amides is 1. The van der Waals surface area contributed by atoms with Crippen molar-refractivity contribution in [3.05, 3.63) is 101 Å². The first-order valence-electron chi connectivity index (χ1n) is 11.8. The lowest BCUT2D eigenvalue weighted by Gasteiger charge is -2.38. The van der Waals surface area contributed by atoms with Gasteiger partial charge in [-0.15, -0.1) is 0 Å². The van der Waals surface area contributed by atoms with Gasteiger partial charge in [0.15, 0.2) is 11.5 Å². The summed E-state index contributed by atoms with van der Waals surface area (Å²) in [6.07, 6.45) is 0.772. The molecule has 0 saturated carbocycles. The Kier molecular flexibility index (Phi) is 6.46. The molecule has 0 radical (unpaired) electrons. The topological polar surface area (TPSA) is 64.8 Å². The van der Waals surface area contributed by atoms with Crippen molar-refractivity contribution in [2.45, 2.75) is 25.8 Å². The van der Waals surface area contributed by atoms with Crippen molar-refractivity contribution < 1.29 is 23.1 Å². The van der Waals surface area contributed by atoms with Crippen molar-refractivity contribution in [3.63, 3.8) is 0 Å². The van der Waals surface area contributed by atoms with Gasteiger partial charge in [0, 0.05) is 12.1 Å². The van der Waals surface area contributed by atoms with Crippen LogP contribution in [0.25, 0.3) is 11.5 Å². The maximum Gasteiger partial charge on any atom is 0.229 e. The summed E-state index contributed by atoms with van der Waals surface area (Å²) >= 11 is 0.